The lowest BCUT2D eigenvalue weighted by molar-refractivity contribution is -0.137. The summed E-state index contributed by atoms with van der Waals surface area (Å²) in [5.41, 5.74) is 0.640. The summed E-state index contributed by atoms with van der Waals surface area (Å²) in [6.07, 6.45) is -0.251. The Hall–Kier alpha value is -3.60. The number of hydrogen-bond acceptors (Lipinski definition) is 7. The van der Waals surface area contributed by atoms with Crippen LogP contribution in [-0.4, -0.2) is 47.0 Å². The van der Waals surface area contributed by atoms with Crippen LogP contribution in [0.1, 0.15) is 24.0 Å². The molecule has 34 heavy (non-hydrogen) atoms. The number of hydrogen-bond donors (Lipinski definition) is 1. The van der Waals surface area contributed by atoms with Gasteiger partial charge in [0.25, 0.3) is 0 Å². The zero-order valence-electron chi connectivity index (χ0n) is 18.3. The Kier molecular flexibility index (Phi) is 7.01. The largest absolute Gasteiger partial charge is 0.416 e. The molecule has 1 saturated heterocycles. The number of halogens is 4. The van der Waals surface area contributed by atoms with Gasteiger partial charge in [-0.3, -0.25) is 9.98 Å². The van der Waals surface area contributed by atoms with Gasteiger partial charge in [0.2, 0.25) is 0 Å². The Morgan fingerprint density at radius 1 is 1.18 bits per heavy atom. The van der Waals surface area contributed by atoms with Crippen LogP contribution in [0.3, 0.4) is 0 Å². The fourth-order valence-corrected chi connectivity index (χ4v) is 3.43. The lowest BCUT2D eigenvalue weighted by Crippen LogP contribution is -2.44. The van der Waals surface area contributed by atoms with E-state index >= 15 is 0 Å². The second-order valence-electron chi connectivity index (χ2n) is 7.72. The molecule has 1 aliphatic rings. The monoisotopic (exact) mass is 474 g/mol. The summed E-state index contributed by atoms with van der Waals surface area (Å²) in [5, 5.41) is 2.90. The van der Waals surface area contributed by atoms with E-state index < -0.39 is 17.6 Å². The van der Waals surface area contributed by atoms with Crippen LogP contribution in [0, 0.1) is 5.82 Å². The standard InChI is InChI=1S/C23H22F4N6O/c1-15-14-34-8-7-33(15)22-20(24)12-30-21(32-22)13-28-10-18-5-6-19(11-29-18)31-17-4-2-3-16(9-17)23(25,26)27/h2-6,9-12,15,31H,7-8,13-14H2,1H3. The van der Waals surface area contributed by atoms with Gasteiger partial charge in [0.05, 0.1) is 55.1 Å². The van der Waals surface area contributed by atoms with Crippen molar-refractivity contribution in [1.29, 1.82) is 0 Å². The molecular formula is C23H22F4N6O. The Morgan fingerprint density at radius 3 is 2.76 bits per heavy atom. The number of pyridine rings is 1. The van der Waals surface area contributed by atoms with Crippen molar-refractivity contribution >= 4 is 23.4 Å². The Balaban J connectivity index is 1.38. The lowest BCUT2D eigenvalue weighted by atomic mass is 10.2. The predicted octanol–water partition coefficient (Wildman–Crippen LogP) is 4.62. The van der Waals surface area contributed by atoms with Gasteiger partial charge in [0.15, 0.2) is 17.5 Å². The number of ether oxygens (including phenoxy) is 1. The first-order valence-corrected chi connectivity index (χ1v) is 10.6. The highest BCUT2D eigenvalue weighted by Gasteiger charge is 2.30. The van der Waals surface area contributed by atoms with Crippen molar-refractivity contribution in [2.45, 2.75) is 25.7 Å². The minimum absolute atomic E-state index is 0.00163. The van der Waals surface area contributed by atoms with Gasteiger partial charge in [-0.25, -0.2) is 14.4 Å². The normalized spacial score (nSPS) is 16.7. The fourth-order valence-electron chi connectivity index (χ4n) is 3.43. The molecule has 11 heteroatoms. The van der Waals surface area contributed by atoms with Crippen molar-refractivity contribution in [1.82, 2.24) is 15.0 Å². The molecule has 0 bridgehead atoms. The summed E-state index contributed by atoms with van der Waals surface area (Å²) < 4.78 is 58.3. The van der Waals surface area contributed by atoms with Gasteiger partial charge in [-0.15, -0.1) is 0 Å². The summed E-state index contributed by atoms with van der Waals surface area (Å²) in [6, 6.07) is 8.28. The first kappa shape index (κ1) is 23.6. The highest BCUT2D eigenvalue weighted by Crippen LogP contribution is 2.31. The number of aliphatic imine (C=N–C) groups is 1. The van der Waals surface area contributed by atoms with Crippen LogP contribution in [0.15, 0.2) is 53.8 Å². The minimum atomic E-state index is -4.41. The van der Waals surface area contributed by atoms with E-state index in [2.05, 4.69) is 25.3 Å². The van der Waals surface area contributed by atoms with Crippen molar-refractivity contribution in [3.8, 4) is 0 Å². The van der Waals surface area contributed by atoms with E-state index in [9.17, 15) is 17.6 Å². The van der Waals surface area contributed by atoms with E-state index in [-0.39, 0.29) is 18.4 Å². The summed E-state index contributed by atoms with van der Waals surface area (Å²) in [7, 11) is 0. The Morgan fingerprint density at radius 2 is 2.03 bits per heavy atom. The maximum atomic E-state index is 14.3. The third kappa shape index (κ3) is 5.84. The van der Waals surface area contributed by atoms with Crippen LogP contribution in [0.2, 0.25) is 0 Å². The molecule has 1 atom stereocenters. The number of nitrogens with zero attached hydrogens (tertiary/aromatic N) is 5. The van der Waals surface area contributed by atoms with Crippen molar-refractivity contribution < 1.29 is 22.3 Å². The summed E-state index contributed by atoms with van der Waals surface area (Å²) in [5.74, 6) is 0.111. The first-order valence-electron chi connectivity index (χ1n) is 10.6. The maximum Gasteiger partial charge on any atom is 0.416 e. The van der Waals surface area contributed by atoms with E-state index in [0.717, 1.165) is 18.3 Å². The lowest BCUT2D eigenvalue weighted by Gasteiger charge is -2.34. The number of anilines is 3. The fraction of sp³-hybridized carbons (Fsp3) is 0.304. The first-order chi connectivity index (χ1) is 16.3. The van der Waals surface area contributed by atoms with E-state index in [1.54, 1.807) is 18.2 Å². The van der Waals surface area contributed by atoms with Gasteiger partial charge in [0.1, 0.15) is 0 Å². The molecule has 1 aromatic carbocycles. The molecular weight excluding hydrogens is 452 g/mol. The van der Waals surface area contributed by atoms with E-state index in [4.69, 9.17) is 4.74 Å². The van der Waals surface area contributed by atoms with Crippen molar-refractivity contribution in [3.05, 3.63) is 71.7 Å². The molecule has 3 heterocycles. The smallest absolute Gasteiger partial charge is 0.377 e. The molecule has 1 fully saturated rings. The van der Waals surface area contributed by atoms with E-state index in [0.29, 0.717) is 42.7 Å². The van der Waals surface area contributed by atoms with Crippen molar-refractivity contribution in [2.75, 3.05) is 30.0 Å². The minimum Gasteiger partial charge on any atom is -0.377 e. The van der Waals surface area contributed by atoms with Crippen molar-refractivity contribution in [3.63, 3.8) is 0 Å². The van der Waals surface area contributed by atoms with Gasteiger partial charge in [-0.2, -0.15) is 13.2 Å². The molecule has 0 radical (unpaired) electrons. The highest BCUT2D eigenvalue weighted by atomic mass is 19.4. The number of benzene rings is 1. The SMILES string of the molecule is CC1COCCN1c1nc(CN=Cc2ccc(Nc3cccc(C(F)(F)F)c3)cn2)ncc1F. The number of alkyl halides is 3. The molecule has 0 amide bonds. The molecule has 3 aromatic rings. The van der Waals surface area contributed by atoms with Gasteiger partial charge in [-0.1, -0.05) is 6.07 Å². The zero-order valence-corrected chi connectivity index (χ0v) is 18.3. The third-order valence-electron chi connectivity index (χ3n) is 5.14. The molecule has 178 valence electrons. The molecule has 1 N–H and O–H groups in total. The number of nitrogens with one attached hydrogen (secondary N) is 1. The number of morpholine rings is 1. The second kappa shape index (κ2) is 10.1. The topological polar surface area (TPSA) is 75.5 Å². The summed E-state index contributed by atoms with van der Waals surface area (Å²) in [6.45, 7) is 3.63. The van der Waals surface area contributed by atoms with Crippen LogP contribution in [0.25, 0.3) is 0 Å². The zero-order chi connectivity index (χ0) is 24.1. The van der Waals surface area contributed by atoms with Crippen LogP contribution in [0.4, 0.5) is 34.8 Å². The molecule has 2 aromatic heterocycles. The summed E-state index contributed by atoms with van der Waals surface area (Å²) >= 11 is 0. The van der Waals surface area contributed by atoms with Gasteiger partial charge >= 0.3 is 6.18 Å². The van der Waals surface area contributed by atoms with E-state index in [1.807, 2.05) is 11.8 Å². The quantitative estimate of drug-likeness (QED) is 0.415. The number of rotatable bonds is 6. The van der Waals surface area contributed by atoms with E-state index in [1.165, 1.54) is 18.5 Å². The Bertz CT molecular complexity index is 1150. The Labute approximate surface area is 193 Å². The van der Waals surface area contributed by atoms with Crippen LogP contribution in [-0.2, 0) is 17.5 Å². The average molecular weight is 474 g/mol. The maximum absolute atomic E-state index is 14.3. The molecule has 0 aliphatic carbocycles. The van der Waals surface area contributed by atoms with Crippen LogP contribution in [0.5, 0.6) is 0 Å². The molecule has 0 spiro atoms. The highest BCUT2D eigenvalue weighted by molar-refractivity contribution is 5.77. The molecule has 1 aliphatic heterocycles. The van der Waals surface area contributed by atoms with Gasteiger partial charge in [0, 0.05) is 18.4 Å². The molecule has 4 rings (SSSR count). The van der Waals surface area contributed by atoms with Crippen LogP contribution < -0.4 is 10.2 Å². The average Bonchev–Trinajstić information content (AvgIpc) is 2.81. The molecule has 0 saturated carbocycles. The van der Waals surface area contributed by atoms with Gasteiger partial charge < -0.3 is 15.0 Å². The summed E-state index contributed by atoms with van der Waals surface area (Å²) in [4.78, 5) is 18.7. The van der Waals surface area contributed by atoms with Gasteiger partial charge in [-0.05, 0) is 37.3 Å². The predicted molar refractivity (Wildman–Crippen MR) is 120 cm³/mol. The number of aromatic nitrogens is 3. The van der Waals surface area contributed by atoms with Crippen LogP contribution >= 0.6 is 0 Å². The molecule has 1 unspecified atom stereocenters. The van der Waals surface area contributed by atoms with Crippen molar-refractivity contribution in [2.24, 2.45) is 4.99 Å². The molecule has 7 nitrogen and oxygen atoms in total. The second-order valence-corrected chi connectivity index (χ2v) is 7.72. The third-order valence-corrected chi connectivity index (χ3v) is 5.14.